The largest absolute Gasteiger partial charge is 0.490 e. The summed E-state index contributed by atoms with van der Waals surface area (Å²) in [6.07, 6.45) is 1.76. The number of hydrogen-bond donors (Lipinski definition) is 0. The van der Waals surface area contributed by atoms with E-state index in [1.54, 1.807) is 6.07 Å². The van der Waals surface area contributed by atoms with Crippen LogP contribution in [0.3, 0.4) is 0 Å². The van der Waals surface area contributed by atoms with Crippen LogP contribution in [0.5, 0.6) is 5.75 Å². The van der Waals surface area contributed by atoms with Crippen molar-refractivity contribution in [3.63, 3.8) is 0 Å². The Balaban J connectivity index is 1.41. The Hall–Kier alpha value is -2.21. The molecule has 2 saturated heterocycles. The normalized spacial score (nSPS) is 20.6. The standard InChI is InChI=1S/C24H30F2N2O2/c1-17(2)27-11-7-21(8-12-27)30-22-6-5-18-15-20(4-3-19(18)16-22)23(29)28-13-9-24(25,26)10-14-28/h3-6,15-17,21H,7-14H2,1-2H3. The molecule has 2 aromatic rings. The molecule has 0 radical (unpaired) electrons. The molecule has 0 saturated carbocycles. The molecule has 4 nitrogen and oxygen atoms in total. The number of alkyl halides is 2. The van der Waals surface area contributed by atoms with E-state index in [-0.39, 0.29) is 37.9 Å². The van der Waals surface area contributed by atoms with Crippen LogP contribution < -0.4 is 4.74 Å². The van der Waals surface area contributed by atoms with Crippen molar-refractivity contribution >= 4 is 16.7 Å². The summed E-state index contributed by atoms with van der Waals surface area (Å²) in [6.45, 7) is 6.78. The highest BCUT2D eigenvalue weighted by Crippen LogP contribution is 2.29. The number of benzene rings is 2. The summed E-state index contributed by atoms with van der Waals surface area (Å²) in [6, 6.07) is 12.0. The third kappa shape index (κ3) is 4.75. The Morgan fingerprint density at radius 1 is 1.00 bits per heavy atom. The lowest BCUT2D eigenvalue weighted by Crippen LogP contribution is -2.42. The van der Waals surface area contributed by atoms with E-state index in [4.69, 9.17) is 4.74 Å². The number of halogens is 2. The van der Waals surface area contributed by atoms with E-state index in [9.17, 15) is 13.6 Å². The molecular weight excluding hydrogens is 386 g/mol. The van der Waals surface area contributed by atoms with Gasteiger partial charge in [0.2, 0.25) is 0 Å². The quantitative estimate of drug-likeness (QED) is 0.706. The minimum Gasteiger partial charge on any atom is -0.490 e. The molecule has 0 aromatic heterocycles. The molecule has 1 amide bonds. The van der Waals surface area contributed by atoms with Gasteiger partial charge in [-0.25, -0.2) is 8.78 Å². The minimum absolute atomic E-state index is 0.103. The van der Waals surface area contributed by atoms with Crippen LogP contribution in [0.25, 0.3) is 10.8 Å². The number of fused-ring (bicyclic) bond motifs is 1. The maximum absolute atomic E-state index is 13.4. The fourth-order valence-corrected chi connectivity index (χ4v) is 4.35. The first-order chi connectivity index (χ1) is 14.3. The highest BCUT2D eigenvalue weighted by atomic mass is 19.3. The minimum atomic E-state index is -2.65. The van der Waals surface area contributed by atoms with Gasteiger partial charge in [0.15, 0.2) is 0 Å². The van der Waals surface area contributed by atoms with Crippen molar-refractivity contribution in [1.29, 1.82) is 0 Å². The van der Waals surface area contributed by atoms with E-state index >= 15 is 0 Å². The first-order valence-electron chi connectivity index (χ1n) is 10.9. The predicted molar refractivity (Wildman–Crippen MR) is 114 cm³/mol. The second kappa shape index (κ2) is 8.50. The molecule has 0 N–H and O–H groups in total. The molecule has 2 aliphatic heterocycles. The molecule has 30 heavy (non-hydrogen) atoms. The highest BCUT2D eigenvalue weighted by Gasteiger charge is 2.35. The van der Waals surface area contributed by atoms with E-state index in [2.05, 4.69) is 18.7 Å². The van der Waals surface area contributed by atoms with Gasteiger partial charge in [0.1, 0.15) is 11.9 Å². The third-order valence-corrected chi connectivity index (χ3v) is 6.35. The maximum Gasteiger partial charge on any atom is 0.253 e. The van der Waals surface area contributed by atoms with Gasteiger partial charge in [-0.05, 0) is 61.7 Å². The fourth-order valence-electron chi connectivity index (χ4n) is 4.35. The monoisotopic (exact) mass is 416 g/mol. The van der Waals surface area contributed by atoms with Gasteiger partial charge in [0.05, 0.1) is 0 Å². The molecule has 0 bridgehead atoms. The van der Waals surface area contributed by atoms with Gasteiger partial charge in [-0.3, -0.25) is 4.79 Å². The van der Waals surface area contributed by atoms with Crippen LogP contribution in [0.4, 0.5) is 8.78 Å². The number of ether oxygens (including phenoxy) is 1. The number of carbonyl (C=O) groups is 1. The molecule has 2 heterocycles. The lowest BCUT2D eigenvalue weighted by molar-refractivity contribution is -0.0494. The number of rotatable bonds is 4. The molecule has 0 aliphatic carbocycles. The van der Waals surface area contributed by atoms with Gasteiger partial charge in [-0.15, -0.1) is 0 Å². The first-order valence-corrected chi connectivity index (χ1v) is 10.9. The van der Waals surface area contributed by atoms with Crippen LogP contribution in [0.1, 0.15) is 49.9 Å². The second-order valence-corrected chi connectivity index (χ2v) is 8.82. The Morgan fingerprint density at radius 3 is 2.30 bits per heavy atom. The zero-order chi connectivity index (χ0) is 21.3. The number of hydrogen-bond acceptors (Lipinski definition) is 3. The predicted octanol–water partition coefficient (Wildman–Crippen LogP) is 4.96. The van der Waals surface area contributed by atoms with Crippen molar-refractivity contribution in [1.82, 2.24) is 9.80 Å². The van der Waals surface area contributed by atoms with Gasteiger partial charge >= 0.3 is 0 Å². The van der Waals surface area contributed by atoms with Gasteiger partial charge in [0.25, 0.3) is 11.8 Å². The van der Waals surface area contributed by atoms with Crippen molar-refractivity contribution < 1.29 is 18.3 Å². The summed E-state index contributed by atoms with van der Waals surface area (Å²) >= 11 is 0. The summed E-state index contributed by atoms with van der Waals surface area (Å²) in [5.41, 5.74) is 0.544. The van der Waals surface area contributed by atoms with Crippen LogP contribution in [-0.2, 0) is 0 Å². The molecule has 4 rings (SSSR count). The fraction of sp³-hybridized carbons (Fsp3) is 0.542. The molecule has 2 aromatic carbocycles. The summed E-state index contributed by atoms with van der Waals surface area (Å²) in [7, 11) is 0. The van der Waals surface area contributed by atoms with Crippen LogP contribution in [0.2, 0.25) is 0 Å². The SMILES string of the molecule is CC(C)N1CCC(Oc2ccc3cc(C(=O)N4CCC(F)(F)CC4)ccc3c2)CC1. The van der Waals surface area contributed by atoms with E-state index in [1.165, 1.54) is 4.90 Å². The number of amides is 1. The van der Waals surface area contributed by atoms with Gasteiger partial charge in [-0.2, -0.15) is 0 Å². The molecule has 0 atom stereocenters. The summed E-state index contributed by atoms with van der Waals surface area (Å²) in [4.78, 5) is 16.7. The average Bonchev–Trinajstić information content (AvgIpc) is 2.73. The third-order valence-electron chi connectivity index (χ3n) is 6.35. The van der Waals surface area contributed by atoms with E-state index < -0.39 is 5.92 Å². The van der Waals surface area contributed by atoms with Crippen molar-refractivity contribution in [3.8, 4) is 5.75 Å². The first kappa shape index (κ1) is 21.0. The van der Waals surface area contributed by atoms with Crippen molar-refractivity contribution in [2.45, 2.75) is 57.6 Å². The summed E-state index contributed by atoms with van der Waals surface area (Å²) < 4.78 is 32.9. The maximum atomic E-state index is 13.4. The Kier molecular flexibility index (Phi) is 5.96. The van der Waals surface area contributed by atoms with E-state index in [0.29, 0.717) is 11.6 Å². The number of carbonyl (C=O) groups excluding carboxylic acids is 1. The van der Waals surface area contributed by atoms with Crippen LogP contribution in [0, 0.1) is 0 Å². The molecule has 2 aliphatic rings. The number of nitrogens with zero attached hydrogens (tertiary/aromatic N) is 2. The average molecular weight is 417 g/mol. The van der Waals surface area contributed by atoms with Gasteiger partial charge < -0.3 is 14.5 Å². The lowest BCUT2D eigenvalue weighted by Gasteiger charge is -2.34. The Bertz CT molecular complexity index is 897. The smallest absolute Gasteiger partial charge is 0.253 e. The van der Waals surface area contributed by atoms with E-state index in [0.717, 1.165) is 42.5 Å². The Morgan fingerprint density at radius 2 is 1.63 bits per heavy atom. The molecular formula is C24H30F2N2O2. The van der Waals surface area contributed by atoms with Crippen molar-refractivity contribution in [3.05, 3.63) is 42.0 Å². The lowest BCUT2D eigenvalue weighted by atomic mass is 10.0. The zero-order valence-corrected chi connectivity index (χ0v) is 17.7. The molecule has 6 heteroatoms. The molecule has 2 fully saturated rings. The zero-order valence-electron chi connectivity index (χ0n) is 17.7. The topological polar surface area (TPSA) is 32.8 Å². The van der Waals surface area contributed by atoms with Gasteiger partial charge in [-0.1, -0.05) is 12.1 Å². The molecule has 162 valence electrons. The summed E-state index contributed by atoms with van der Waals surface area (Å²) in [5, 5.41) is 1.96. The highest BCUT2D eigenvalue weighted by molar-refractivity contribution is 5.98. The van der Waals surface area contributed by atoms with Crippen LogP contribution in [0.15, 0.2) is 36.4 Å². The molecule has 0 unspecified atom stereocenters. The second-order valence-electron chi connectivity index (χ2n) is 8.82. The van der Waals surface area contributed by atoms with Crippen LogP contribution in [-0.4, -0.2) is 60.0 Å². The number of piperidine rings is 2. The van der Waals surface area contributed by atoms with Gasteiger partial charge in [0, 0.05) is 50.6 Å². The number of likely N-dealkylation sites (tertiary alicyclic amines) is 2. The van der Waals surface area contributed by atoms with Crippen molar-refractivity contribution in [2.24, 2.45) is 0 Å². The van der Waals surface area contributed by atoms with Crippen LogP contribution >= 0.6 is 0 Å². The summed E-state index contributed by atoms with van der Waals surface area (Å²) in [5.74, 6) is -1.98. The Labute approximate surface area is 176 Å². The van der Waals surface area contributed by atoms with Crippen molar-refractivity contribution in [2.75, 3.05) is 26.2 Å². The molecule has 0 spiro atoms. The van der Waals surface area contributed by atoms with E-state index in [1.807, 2.05) is 30.3 Å².